The highest BCUT2D eigenvalue weighted by Crippen LogP contribution is 2.28. The van der Waals surface area contributed by atoms with E-state index in [4.69, 9.17) is 4.74 Å². The second-order valence-corrected chi connectivity index (χ2v) is 7.28. The highest BCUT2D eigenvalue weighted by atomic mass is 79.9. The van der Waals surface area contributed by atoms with E-state index in [1.807, 2.05) is 19.1 Å². The monoisotopic (exact) mass is 434 g/mol. The molecule has 0 radical (unpaired) electrons. The summed E-state index contributed by atoms with van der Waals surface area (Å²) in [7, 11) is 0. The van der Waals surface area contributed by atoms with Crippen LogP contribution >= 0.6 is 15.9 Å². The third-order valence-corrected chi connectivity index (χ3v) is 4.80. The fraction of sp³-hybridized carbons (Fsp3) is 0.300. The summed E-state index contributed by atoms with van der Waals surface area (Å²) in [5, 5.41) is 2.57. The number of halogens is 2. The highest BCUT2D eigenvalue weighted by molar-refractivity contribution is 9.10. The van der Waals surface area contributed by atoms with Crippen molar-refractivity contribution in [3.63, 3.8) is 0 Å². The summed E-state index contributed by atoms with van der Waals surface area (Å²) in [6.07, 6.45) is 1.01. The van der Waals surface area contributed by atoms with Crippen LogP contribution in [-0.4, -0.2) is 25.0 Å². The molecule has 1 saturated heterocycles. The maximum Gasteiger partial charge on any atom is 0.229 e. The molecule has 27 heavy (non-hydrogen) atoms. The Hall–Kier alpha value is -2.41. The molecule has 1 N–H and O–H groups in total. The minimum Gasteiger partial charge on any atom is -0.494 e. The summed E-state index contributed by atoms with van der Waals surface area (Å²) in [5.74, 6) is -0.811. The standard InChI is InChI=1S/C20H20BrFN2O3/c1-2-9-27-16-6-4-15(5-7-16)24-12-13(10-19(24)25)20(26)23-18-8-3-14(21)11-17(18)22/h3-8,11,13H,2,9-10,12H2,1H3,(H,23,26)/t13-/m0/s1. The van der Waals surface area contributed by atoms with E-state index >= 15 is 0 Å². The first-order valence-corrected chi connectivity index (χ1v) is 9.56. The number of amides is 2. The topological polar surface area (TPSA) is 58.6 Å². The Balaban J connectivity index is 1.65. The SMILES string of the molecule is CCCOc1ccc(N2C[C@@H](C(=O)Nc3ccc(Br)cc3F)CC2=O)cc1. The molecule has 0 bridgehead atoms. The Kier molecular flexibility index (Phi) is 6.11. The summed E-state index contributed by atoms with van der Waals surface area (Å²) in [6, 6.07) is 11.6. The van der Waals surface area contributed by atoms with Crippen molar-refractivity contribution in [2.24, 2.45) is 5.92 Å². The maximum absolute atomic E-state index is 13.9. The minimum atomic E-state index is -0.531. The van der Waals surface area contributed by atoms with Gasteiger partial charge >= 0.3 is 0 Å². The zero-order valence-corrected chi connectivity index (χ0v) is 16.5. The number of rotatable bonds is 6. The molecule has 1 atom stereocenters. The lowest BCUT2D eigenvalue weighted by atomic mass is 10.1. The second kappa shape index (κ2) is 8.52. The lowest BCUT2D eigenvalue weighted by Crippen LogP contribution is -2.28. The third kappa shape index (κ3) is 4.66. The number of hydrogen-bond acceptors (Lipinski definition) is 3. The number of nitrogens with zero attached hydrogens (tertiary/aromatic N) is 1. The van der Waals surface area contributed by atoms with E-state index in [1.54, 1.807) is 23.1 Å². The van der Waals surface area contributed by atoms with Gasteiger partial charge in [-0.05, 0) is 48.9 Å². The van der Waals surface area contributed by atoms with Crippen LogP contribution in [0.25, 0.3) is 0 Å². The molecule has 142 valence electrons. The molecule has 0 aromatic heterocycles. The predicted octanol–water partition coefficient (Wildman–Crippen LogP) is 4.37. The van der Waals surface area contributed by atoms with Gasteiger partial charge in [-0.1, -0.05) is 22.9 Å². The number of ether oxygens (including phenoxy) is 1. The van der Waals surface area contributed by atoms with Crippen LogP contribution in [0, 0.1) is 11.7 Å². The average Bonchev–Trinajstić information content (AvgIpc) is 3.04. The summed E-state index contributed by atoms with van der Waals surface area (Å²) in [5.41, 5.74) is 0.820. The van der Waals surface area contributed by atoms with Crippen LogP contribution in [0.4, 0.5) is 15.8 Å². The first kappa shape index (κ1) is 19.4. The first-order chi connectivity index (χ1) is 13.0. The van der Waals surface area contributed by atoms with Crippen LogP contribution in [0.3, 0.4) is 0 Å². The van der Waals surface area contributed by atoms with Crippen LogP contribution in [0.2, 0.25) is 0 Å². The van der Waals surface area contributed by atoms with Crippen LogP contribution in [0.1, 0.15) is 19.8 Å². The van der Waals surface area contributed by atoms with Crippen LogP contribution in [0.15, 0.2) is 46.9 Å². The second-order valence-electron chi connectivity index (χ2n) is 6.36. The molecule has 1 heterocycles. The number of nitrogens with one attached hydrogen (secondary N) is 1. The fourth-order valence-electron chi connectivity index (χ4n) is 2.90. The number of hydrogen-bond donors (Lipinski definition) is 1. The fourth-order valence-corrected chi connectivity index (χ4v) is 3.23. The molecule has 2 amide bonds. The molecule has 7 heteroatoms. The van der Waals surface area contributed by atoms with Crippen LogP contribution in [-0.2, 0) is 9.59 Å². The number of benzene rings is 2. The van der Waals surface area contributed by atoms with Gasteiger partial charge in [-0.15, -0.1) is 0 Å². The summed E-state index contributed by atoms with van der Waals surface area (Å²) in [6.45, 7) is 2.93. The normalized spacial score (nSPS) is 16.5. The predicted molar refractivity (Wildman–Crippen MR) is 105 cm³/mol. The molecule has 0 spiro atoms. The van der Waals surface area contributed by atoms with E-state index in [2.05, 4.69) is 21.2 Å². The van der Waals surface area contributed by atoms with Crippen LogP contribution in [0.5, 0.6) is 5.75 Å². The maximum atomic E-state index is 13.9. The molecule has 1 aliphatic heterocycles. The summed E-state index contributed by atoms with van der Waals surface area (Å²) >= 11 is 3.18. The van der Waals surface area contributed by atoms with Crippen molar-refractivity contribution < 1.29 is 18.7 Å². The van der Waals surface area contributed by atoms with Crippen LogP contribution < -0.4 is 15.0 Å². The molecule has 0 unspecified atom stereocenters. The van der Waals surface area contributed by atoms with Crippen molar-refractivity contribution in [1.29, 1.82) is 0 Å². The van der Waals surface area contributed by atoms with Gasteiger partial charge < -0.3 is 15.0 Å². The molecular weight excluding hydrogens is 415 g/mol. The zero-order chi connectivity index (χ0) is 19.4. The molecule has 5 nitrogen and oxygen atoms in total. The van der Waals surface area contributed by atoms with E-state index in [-0.39, 0.29) is 30.5 Å². The van der Waals surface area contributed by atoms with Gasteiger partial charge in [0.05, 0.1) is 18.2 Å². The van der Waals surface area contributed by atoms with Crippen molar-refractivity contribution in [2.45, 2.75) is 19.8 Å². The highest BCUT2D eigenvalue weighted by Gasteiger charge is 2.35. The molecule has 2 aromatic carbocycles. The van der Waals surface area contributed by atoms with E-state index in [9.17, 15) is 14.0 Å². The quantitative estimate of drug-likeness (QED) is 0.734. The summed E-state index contributed by atoms with van der Waals surface area (Å²) < 4.78 is 20.0. The first-order valence-electron chi connectivity index (χ1n) is 8.77. The molecule has 1 aliphatic rings. The van der Waals surface area contributed by atoms with E-state index in [0.29, 0.717) is 16.8 Å². The van der Waals surface area contributed by atoms with Gasteiger partial charge in [0.25, 0.3) is 0 Å². The Morgan fingerprint density at radius 1 is 1.30 bits per heavy atom. The molecule has 2 aromatic rings. The Bertz CT molecular complexity index is 842. The largest absolute Gasteiger partial charge is 0.494 e. The van der Waals surface area contributed by atoms with E-state index < -0.39 is 11.7 Å². The molecule has 3 rings (SSSR count). The van der Waals surface area contributed by atoms with Crippen molar-refractivity contribution in [3.05, 3.63) is 52.8 Å². The van der Waals surface area contributed by atoms with E-state index in [0.717, 1.165) is 12.2 Å². The van der Waals surface area contributed by atoms with Crippen molar-refractivity contribution in [1.82, 2.24) is 0 Å². The molecule has 0 saturated carbocycles. The van der Waals surface area contributed by atoms with Gasteiger partial charge in [0.1, 0.15) is 11.6 Å². The number of anilines is 2. The number of carbonyl (C=O) groups excluding carboxylic acids is 2. The smallest absolute Gasteiger partial charge is 0.229 e. The molecule has 1 fully saturated rings. The third-order valence-electron chi connectivity index (χ3n) is 4.31. The van der Waals surface area contributed by atoms with Crippen molar-refractivity contribution in [2.75, 3.05) is 23.4 Å². The number of carbonyl (C=O) groups is 2. The van der Waals surface area contributed by atoms with Gasteiger partial charge in [-0.3, -0.25) is 9.59 Å². The van der Waals surface area contributed by atoms with Crippen molar-refractivity contribution in [3.8, 4) is 5.75 Å². The average molecular weight is 435 g/mol. The van der Waals surface area contributed by atoms with Gasteiger partial charge in [0, 0.05) is 23.1 Å². The molecule has 0 aliphatic carbocycles. The van der Waals surface area contributed by atoms with Crippen molar-refractivity contribution >= 4 is 39.1 Å². The summed E-state index contributed by atoms with van der Waals surface area (Å²) in [4.78, 5) is 26.4. The zero-order valence-electron chi connectivity index (χ0n) is 14.9. The molecular formula is C20H20BrFN2O3. The van der Waals surface area contributed by atoms with Gasteiger partial charge in [-0.25, -0.2) is 4.39 Å². The lowest BCUT2D eigenvalue weighted by molar-refractivity contribution is -0.122. The lowest BCUT2D eigenvalue weighted by Gasteiger charge is -2.17. The van der Waals surface area contributed by atoms with Gasteiger partial charge in [0.2, 0.25) is 11.8 Å². The Morgan fingerprint density at radius 2 is 2.04 bits per heavy atom. The Labute approximate surface area is 165 Å². The van der Waals surface area contributed by atoms with Gasteiger partial charge in [0.15, 0.2) is 0 Å². The van der Waals surface area contributed by atoms with E-state index in [1.165, 1.54) is 12.1 Å². The Morgan fingerprint density at radius 3 is 2.70 bits per heavy atom. The van der Waals surface area contributed by atoms with Gasteiger partial charge in [-0.2, -0.15) is 0 Å². The minimum absolute atomic E-state index is 0.0953.